The van der Waals surface area contributed by atoms with Crippen LogP contribution in [0.5, 0.6) is 5.75 Å². The quantitative estimate of drug-likeness (QED) is 0.725. The van der Waals surface area contributed by atoms with Gasteiger partial charge in [0.05, 0.1) is 12.8 Å². The minimum absolute atomic E-state index is 0.356. The van der Waals surface area contributed by atoms with E-state index in [1.54, 1.807) is 24.9 Å². The average molecular weight is 270 g/mol. The molecule has 0 atom stereocenters. The van der Waals surface area contributed by atoms with E-state index in [9.17, 15) is 0 Å². The van der Waals surface area contributed by atoms with Gasteiger partial charge in [0.25, 0.3) is 5.78 Å². The van der Waals surface area contributed by atoms with E-state index in [1.807, 2.05) is 30.3 Å². The fourth-order valence-corrected chi connectivity index (χ4v) is 2.09. The summed E-state index contributed by atoms with van der Waals surface area (Å²) < 4.78 is 12.2. The van der Waals surface area contributed by atoms with Gasteiger partial charge in [-0.1, -0.05) is 12.1 Å². The molecule has 1 aromatic carbocycles. The van der Waals surface area contributed by atoms with E-state index in [4.69, 9.17) is 9.47 Å². The number of rotatable bonds is 4. The number of benzene rings is 1. The topological polar surface area (TPSA) is 61.5 Å². The number of hydrogen-bond donors (Lipinski definition) is 0. The van der Waals surface area contributed by atoms with Crippen LogP contribution in [0, 0.1) is 0 Å². The molecule has 3 rings (SSSR count). The molecule has 6 heteroatoms. The van der Waals surface area contributed by atoms with Gasteiger partial charge in [0, 0.05) is 18.9 Å². The molecule has 0 fully saturated rings. The Morgan fingerprint density at radius 3 is 2.80 bits per heavy atom. The number of methoxy groups -OCH3 is 2. The van der Waals surface area contributed by atoms with Crippen molar-refractivity contribution in [3.63, 3.8) is 0 Å². The summed E-state index contributed by atoms with van der Waals surface area (Å²) in [6.45, 7) is 0.356. The van der Waals surface area contributed by atoms with Crippen LogP contribution in [0.1, 0.15) is 5.82 Å². The Kier molecular flexibility index (Phi) is 3.30. The number of para-hydroxylation sites is 1. The zero-order chi connectivity index (χ0) is 13.9. The molecule has 0 radical (unpaired) electrons. The molecule has 0 aliphatic rings. The van der Waals surface area contributed by atoms with Gasteiger partial charge in [-0.05, 0) is 18.2 Å². The van der Waals surface area contributed by atoms with Crippen LogP contribution < -0.4 is 4.74 Å². The van der Waals surface area contributed by atoms with E-state index in [-0.39, 0.29) is 0 Å². The maximum atomic E-state index is 5.40. The van der Waals surface area contributed by atoms with E-state index in [0.717, 1.165) is 17.0 Å². The van der Waals surface area contributed by atoms with Gasteiger partial charge in [-0.15, -0.1) is 5.10 Å². The number of ether oxygens (including phenoxy) is 2. The van der Waals surface area contributed by atoms with Crippen LogP contribution in [0.3, 0.4) is 0 Å². The van der Waals surface area contributed by atoms with Gasteiger partial charge in [0.15, 0.2) is 5.82 Å². The van der Waals surface area contributed by atoms with Crippen molar-refractivity contribution in [3.8, 4) is 17.0 Å². The van der Waals surface area contributed by atoms with E-state index in [2.05, 4.69) is 15.1 Å². The van der Waals surface area contributed by atoms with Crippen LogP contribution in [-0.4, -0.2) is 33.8 Å². The fraction of sp³-hybridized carbons (Fsp3) is 0.214. The molecule has 0 saturated carbocycles. The van der Waals surface area contributed by atoms with E-state index >= 15 is 0 Å². The number of nitrogens with zero attached hydrogens (tertiary/aromatic N) is 4. The van der Waals surface area contributed by atoms with Gasteiger partial charge in [-0.2, -0.15) is 9.50 Å². The molecule has 0 N–H and O–H groups in total. The van der Waals surface area contributed by atoms with Crippen molar-refractivity contribution < 1.29 is 9.47 Å². The summed E-state index contributed by atoms with van der Waals surface area (Å²) >= 11 is 0. The summed E-state index contributed by atoms with van der Waals surface area (Å²) in [4.78, 5) is 8.54. The van der Waals surface area contributed by atoms with Crippen LogP contribution in [0.15, 0.2) is 36.5 Å². The average Bonchev–Trinajstić information content (AvgIpc) is 2.90. The summed E-state index contributed by atoms with van der Waals surface area (Å²) in [6.07, 6.45) is 1.71. The lowest BCUT2D eigenvalue weighted by atomic mass is 10.1. The Balaban J connectivity index is 2.20. The van der Waals surface area contributed by atoms with Crippen molar-refractivity contribution in [2.75, 3.05) is 14.2 Å². The smallest absolute Gasteiger partial charge is 0.253 e. The molecule has 0 amide bonds. The number of hydrogen-bond acceptors (Lipinski definition) is 5. The molecule has 0 spiro atoms. The fourth-order valence-electron chi connectivity index (χ4n) is 2.09. The third-order valence-corrected chi connectivity index (χ3v) is 2.94. The molecule has 3 aromatic rings. The van der Waals surface area contributed by atoms with Gasteiger partial charge in [0.2, 0.25) is 0 Å². The first kappa shape index (κ1) is 12.6. The van der Waals surface area contributed by atoms with Crippen molar-refractivity contribution in [3.05, 3.63) is 42.4 Å². The van der Waals surface area contributed by atoms with Crippen molar-refractivity contribution in [1.29, 1.82) is 0 Å². The number of aromatic nitrogens is 4. The molecule has 0 unspecified atom stereocenters. The highest BCUT2D eigenvalue weighted by molar-refractivity contribution is 5.68. The van der Waals surface area contributed by atoms with Gasteiger partial charge in [-0.3, -0.25) is 0 Å². The summed E-state index contributed by atoms with van der Waals surface area (Å²) in [7, 11) is 3.26. The zero-order valence-corrected chi connectivity index (χ0v) is 11.3. The minimum Gasteiger partial charge on any atom is -0.496 e. The van der Waals surface area contributed by atoms with Crippen LogP contribution in [0.25, 0.3) is 17.0 Å². The lowest BCUT2D eigenvalue weighted by molar-refractivity contribution is 0.178. The van der Waals surface area contributed by atoms with Crippen molar-refractivity contribution in [2.24, 2.45) is 0 Å². The Morgan fingerprint density at radius 1 is 1.15 bits per heavy atom. The minimum atomic E-state index is 0.356. The molecule has 0 saturated heterocycles. The van der Waals surface area contributed by atoms with Crippen LogP contribution in [-0.2, 0) is 11.3 Å². The summed E-state index contributed by atoms with van der Waals surface area (Å²) in [5.74, 6) is 1.92. The standard InChI is InChI=1S/C14H14N4O2/c1-19-9-13-16-14-15-8-7-11(18(14)17-13)10-5-3-4-6-12(10)20-2/h3-8H,9H2,1-2H3. The van der Waals surface area contributed by atoms with Crippen LogP contribution in [0.4, 0.5) is 0 Å². The highest BCUT2D eigenvalue weighted by Crippen LogP contribution is 2.28. The second kappa shape index (κ2) is 5.26. The van der Waals surface area contributed by atoms with E-state index < -0.39 is 0 Å². The van der Waals surface area contributed by atoms with Crippen molar-refractivity contribution in [2.45, 2.75) is 6.61 Å². The first-order valence-corrected chi connectivity index (χ1v) is 6.16. The molecule has 20 heavy (non-hydrogen) atoms. The Hall–Kier alpha value is -2.47. The van der Waals surface area contributed by atoms with Gasteiger partial charge in [0.1, 0.15) is 12.4 Å². The molecule has 0 aliphatic carbocycles. The van der Waals surface area contributed by atoms with Crippen LogP contribution in [0.2, 0.25) is 0 Å². The van der Waals surface area contributed by atoms with Gasteiger partial charge in [-0.25, -0.2) is 4.98 Å². The molecular formula is C14H14N4O2. The summed E-state index contributed by atoms with van der Waals surface area (Å²) in [5, 5.41) is 4.42. The van der Waals surface area contributed by atoms with Crippen LogP contribution >= 0.6 is 0 Å². The second-order valence-corrected chi connectivity index (χ2v) is 4.20. The first-order valence-electron chi connectivity index (χ1n) is 6.16. The van der Waals surface area contributed by atoms with Crippen molar-refractivity contribution >= 4 is 5.78 Å². The summed E-state index contributed by atoms with van der Waals surface area (Å²) in [6, 6.07) is 9.66. The maximum absolute atomic E-state index is 5.40. The monoisotopic (exact) mass is 270 g/mol. The third kappa shape index (κ3) is 2.10. The highest BCUT2D eigenvalue weighted by Gasteiger charge is 2.12. The lowest BCUT2D eigenvalue weighted by Crippen LogP contribution is -1.98. The first-order chi connectivity index (χ1) is 9.83. The molecule has 0 bridgehead atoms. The largest absolute Gasteiger partial charge is 0.496 e. The van der Waals surface area contributed by atoms with Gasteiger partial charge < -0.3 is 9.47 Å². The molecular weight excluding hydrogens is 256 g/mol. The predicted molar refractivity (Wildman–Crippen MR) is 73.5 cm³/mol. The normalized spacial score (nSPS) is 10.9. The van der Waals surface area contributed by atoms with E-state index in [0.29, 0.717) is 18.2 Å². The molecule has 6 nitrogen and oxygen atoms in total. The van der Waals surface area contributed by atoms with Crippen molar-refractivity contribution in [1.82, 2.24) is 19.6 Å². The Labute approximate surface area is 116 Å². The second-order valence-electron chi connectivity index (χ2n) is 4.20. The highest BCUT2D eigenvalue weighted by atomic mass is 16.5. The predicted octanol–water partition coefficient (Wildman–Crippen LogP) is 1.95. The lowest BCUT2D eigenvalue weighted by Gasteiger charge is -2.08. The zero-order valence-electron chi connectivity index (χ0n) is 11.3. The summed E-state index contributed by atoms with van der Waals surface area (Å²) in [5.41, 5.74) is 1.82. The Morgan fingerprint density at radius 2 is 2.00 bits per heavy atom. The molecule has 2 aromatic heterocycles. The molecule has 0 aliphatic heterocycles. The van der Waals surface area contributed by atoms with Gasteiger partial charge >= 0.3 is 0 Å². The Bertz CT molecular complexity index is 739. The number of fused-ring (bicyclic) bond motifs is 1. The SMILES string of the molecule is COCc1nc2nccc(-c3ccccc3OC)n2n1. The maximum Gasteiger partial charge on any atom is 0.253 e. The third-order valence-electron chi connectivity index (χ3n) is 2.94. The molecule has 102 valence electrons. The molecule has 2 heterocycles. The van der Waals surface area contributed by atoms with E-state index in [1.165, 1.54) is 0 Å².